The van der Waals surface area contributed by atoms with Gasteiger partial charge in [0.2, 0.25) is 0 Å². The molecule has 1 N–H and O–H groups in total. The Morgan fingerprint density at radius 2 is 1.87 bits per heavy atom. The summed E-state index contributed by atoms with van der Waals surface area (Å²) in [4.78, 5) is 17.5. The second kappa shape index (κ2) is 12.7. The quantitative estimate of drug-likeness (QED) is 0.184. The Hall–Kier alpha value is -4.07. The summed E-state index contributed by atoms with van der Waals surface area (Å²) in [6.45, 7) is 2.87. The molecule has 0 saturated heterocycles. The molecule has 5 rings (SSSR count). The number of benzene rings is 2. The maximum Gasteiger partial charge on any atom is 0.333 e. The maximum atomic E-state index is 12.7. The molecule has 39 heavy (non-hydrogen) atoms. The first-order valence-electron chi connectivity index (χ1n) is 13.9. The van der Waals surface area contributed by atoms with Crippen LogP contribution in [0.4, 0.5) is 0 Å². The first kappa shape index (κ1) is 26.5. The third-order valence-corrected chi connectivity index (χ3v) is 7.61. The summed E-state index contributed by atoms with van der Waals surface area (Å²) in [7, 11) is 1.47. The molecule has 4 aromatic rings. The zero-order valence-electron chi connectivity index (χ0n) is 22.8. The van der Waals surface area contributed by atoms with Gasteiger partial charge in [-0.1, -0.05) is 87.6 Å². The molecule has 0 unspecified atom stereocenters. The summed E-state index contributed by atoms with van der Waals surface area (Å²) in [6, 6.07) is 16.7. The van der Waals surface area contributed by atoms with Crippen LogP contribution in [0.1, 0.15) is 69.0 Å². The number of H-pyrrole nitrogens is 1. The zero-order valence-corrected chi connectivity index (χ0v) is 22.8. The highest BCUT2D eigenvalue weighted by molar-refractivity contribution is 5.93. The van der Waals surface area contributed by atoms with Crippen LogP contribution in [0, 0.1) is 5.92 Å². The van der Waals surface area contributed by atoms with E-state index in [1.54, 1.807) is 0 Å². The van der Waals surface area contributed by atoms with Gasteiger partial charge in [0.25, 0.3) is 0 Å². The van der Waals surface area contributed by atoms with Gasteiger partial charge in [-0.05, 0) is 52.0 Å². The minimum absolute atomic E-state index is 0.241. The summed E-state index contributed by atoms with van der Waals surface area (Å²) in [5, 5.41) is 14.4. The van der Waals surface area contributed by atoms with Crippen molar-refractivity contribution in [2.75, 3.05) is 7.11 Å². The Kier molecular flexibility index (Phi) is 8.61. The monoisotopic (exact) mass is 524 g/mol. The van der Waals surface area contributed by atoms with Gasteiger partial charge in [-0.3, -0.25) is 0 Å². The normalized spacial score (nSPS) is 14.2. The lowest BCUT2D eigenvalue weighted by atomic mass is 9.97. The first-order chi connectivity index (χ1) is 19.2. The number of carbonyl (C=O) groups excluding carboxylic acids is 1. The number of imidazole rings is 1. The predicted molar refractivity (Wildman–Crippen MR) is 152 cm³/mol. The Bertz CT molecular complexity index is 1400. The fourth-order valence-electron chi connectivity index (χ4n) is 5.48. The number of hydrogen-bond acceptors (Lipinski definition) is 6. The molecule has 0 bridgehead atoms. The van der Waals surface area contributed by atoms with E-state index < -0.39 is 0 Å². The third-order valence-electron chi connectivity index (χ3n) is 7.61. The predicted octanol–water partition coefficient (Wildman–Crippen LogP) is 6.26. The minimum Gasteiger partial charge on any atom is -0.466 e. The van der Waals surface area contributed by atoms with Gasteiger partial charge in [0, 0.05) is 24.1 Å². The van der Waals surface area contributed by atoms with Gasteiger partial charge in [0.05, 0.1) is 19.0 Å². The van der Waals surface area contributed by atoms with E-state index in [0.717, 1.165) is 59.5 Å². The van der Waals surface area contributed by atoms with E-state index in [1.807, 2.05) is 30.5 Å². The number of aromatic nitrogens is 6. The molecule has 2 aromatic heterocycles. The molecule has 8 nitrogen and oxygen atoms in total. The van der Waals surface area contributed by atoms with Crippen molar-refractivity contribution in [3.8, 4) is 22.5 Å². The highest BCUT2D eigenvalue weighted by atomic mass is 16.5. The van der Waals surface area contributed by atoms with Crippen LogP contribution in [-0.2, 0) is 22.5 Å². The van der Waals surface area contributed by atoms with Crippen LogP contribution in [0.5, 0.6) is 0 Å². The van der Waals surface area contributed by atoms with E-state index >= 15 is 0 Å². The molecule has 1 aliphatic rings. The molecule has 0 atom stereocenters. The molecule has 0 spiro atoms. The van der Waals surface area contributed by atoms with E-state index in [1.165, 1.54) is 38.4 Å². The van der Waals surface area contributed by atoms with E-state index in [4.69, 9.17) is 9.72 Å². The fourth-order valence-corrected chi connectivity index (χ4v) is 5.48. The molecule has 0 aliphatic heterocycles. The molecular formula is C31H36N6O2. The standard InChI is InChI=1S/C31H36N6O2/c1-3-4-13-29-32-20-26(19-25(31(38)39-2)18-22-9-5-6-10-22)37(29)21-23-14-16-24(17-15-23)27-11-7-8-12-28(27)30-33-35-36-34-30/h7-8,11-12,14-17,19-20,22H,3-6,9-10,13,18,21H2,1-2H3,(H,33,34,35,36)/b25-19+. The van der Waals surface area contributed by atoms with Crippen LogP contribution in [0.15, 0.2) is 60.3 Å². The number of rotatable bonds is 11. The number of tetrazole rings is 1. The maximum absolute atomic E-state index is 12.7. The highest BCUT2D eigenvalue weighted by Gasteiger charge is 2.21. The van der Waals surface area contributed by atoms with Gasteiger partial charge in [0.1, 0.15) is 5.82 Å². The van der Waals surface area contributed by atoms with Gasteiger partial charge >= 0.3 is 5.97 Å². The number of hydrogen-bond donors (Lipinski definition) is 1. The Morgan fingerprint density at radius 3 is 2.56 bits per heavy atom. The Morgan fingerprint density at radius 1 is 1.10 bits per heavy atom. The number of carbonyl (C=O) groups is 1. The average Bonchev–Trinajstić information content (AvgIpc) is 3.76. The average molecular weight is 525 g/mol. The molecular weight excluding hydrogens is 488 g/mol. The van der Waals surface area contributed by atoms with Crippen molar-refractivity contribution < 1.29 is 9.53 Å². The molecule has 0 radical (unpaired) electrons. The lowest BCUT2D eigenvalue weighted by Crippen LogP contribution is -2.11. The van der Waals surface area contributed by atoms with Crippen molar-refractivity contribution in [1.29, 1.82) is 0 Å². The number of aromatic amines is 1. The molecule has 2 aromatic carbocycles. The summed E-state index contributed by atoms with van der Waals surface area (Å²) in [5.41, 5.74) is 5.96. The number of esters is 1. The summed E-state index contributed by atoms with van der Waals surface area (Å²) < 4.78 is 7.41. The van der Waals surface area contributed by atoms with Crippen LogP contribution < -0.4 is 0 Å². The molecule has 8 heteroatoms. The summed E-state index contributed by atoms with van der Waals surface area (Å²) >= 11 is 0. The second-order valence-corrected chi connectivity index (χ2v) is 10.3. The smallest absolute Gasteiger partial charge is 0.333 e. The number of methoxy groups -OCH3 is 1. The Balaban J connectivity index is 1.43. The van der Waals surface area contributed by atoms with Gasteiger partial charge in [-0.2, -0.15) is 0 Å². The van der Waals surface area contributed by atoms with Crippen molar-refractivity contribution in [3.63, 3.8) is 0 Å². The summed E-state index contributed by atoms with van der Waals surface area (Å²) in [6.07, 6.45) is 12.6. The summed E-state index contributed by atoms with van der Waals surface area (Å²) in [5.74, 6) is 1.99. The van der Waals surface area contributed by atoms with Crippen LogP contribution in [-0.4, -0.2) is 43.3 Å². The van der Waals surface area contributed by atoms with Gasteiger partial charge in [0.15, 0.2) is 5.82 Å². The molecule has 1 saturated carbocycles. The van der Waals surface area contributed by atoms with Gasteiger partial charge in [-0.15, -0.1) is 5.10 Å². The number of unbranched alkanes of at least 4 members (excludes halogenated alkanes) is 1. The number of ether oxygens (including phenoxy) is 1. The number of nitrogens with one attached hydrogen (secondary N) is 1. The fraction of sp³-hybridized carbons (Fsp3) is 0.387. The second-order valence-electron chi connectivity index (χ2n) is 10.3. The van der Waals surface area contributed by atoms with Crippen molar-refractivity contribution in [2.24, 2.45) is 5.92 Å². The van der Waals surface area contributed by atoms with Crippen molar-refractivity contribution >= 4 is 12.0 Å². The van der Waals surface area contributed by atoms with E-state index in [-0.39, 0.29) is 5.97 Å². The molecule has 1 fully saturated rings. The van der Waals surface area contributed by atoms with Crippen molar-refractivity contribution in [1.82, 2.24) is 30.2 Å². The van der Waals surface area contributed by atoms with Crippen molar-refractivity contribution in [3.05, 3.63) is 77.4 Å². The SMILES string of the molecule is CCCCc1ncc(/C=C(\CC2CCCC2)C(=O)OC)n1Cc1ccc(-c2ccccc2-c2nnn[nH]2)cc1. The third kappa shape index (κ3) is 6.33. The first-order valence-corrected chi connectivity index (χ1v) is 13.9. The van der Waals surface area contributed by atoms with E-state index in [0.29, 0.717) is 18.3 Å². The topological polar surface area (TPSA) is 98.6 Å². The minimum atomic E-state index is -0.241. The van der Waals surface area contributed by atoms with Gasteiger partial charge in [-0.25, -0.2) is 14.9 Å². The van der Waals surface area contributed by atoms with E-state index in [9.17, 15) is 4.79 Å². The van der Waals surface area contributed by atoms with Gasteiger partial charge < -0.3 is 9.30 Å². The van der Waals surface area contributed by atoms with Crippen LogP contribution in [0.2, 0.25) is 0 Å². The van der Waals surface area contributed by atoms with Crippen molar-refractivity contribution in [2.45, 2.75) is 64.8 Å². The molecule has 2 heterocycles. The Labute approximate surface area is 229 Å². The highest BCUT2D eigenvalue weighted by Crippen LogP contribution is 2.32. The molecule has 1 aliphatic carbocycles. The zero-order chi connectivity index (χ0) is 27.0. The van der Waals surface area contributed by atoms with Crippen LogP contribution in [0.25, 0.3) is 28.6 Å². The van der Waals surface area contributed by atoms with Crippen LogP contribution in [0.3, 0.4) is 0 Å². The number of nitrogens with zero attached hydrogens (tertiary/aromatic N) is 5. The lowest BCUT2D eigenvalue weighted by Gasteiger charge is -2.14. The largest absolute Gasteiger partial charge is 0.466 e. The molecule has 0 amide bonds. The molecule has 202 valence electrons. The lowest BCUT2D eigenvalue weighted by molar-refractivity contribution is -0.136. The van der Waals surface area contributed by atoms with E-state index in [2.05, 4.69) is 62.4 Å². The number of aryl methyl sites for hydroxylation is 1. The van der Waals surface area contributed by atoms with Crippen LogP contribution >= 0.6 is 0 Å².